The van der Waals surface area contributed by atoms with Gasteiger partial charge >= 0.3 is 0 Å². The largest absolute Gasteiger partial charge is 0.493 e. The van der Waals surface area contributed by atoms with Crippen molar-refractivity contribution >= 4 is 17.5 Å². The maximum absolute atomic E-state index is 5.95. The standard InChI is InChI=1S/C13H14ClN3O2/c1-3-8-4-5-10(11(6-8)18-2)19-12-9(14)7-16-13(15)17-12/h4-7H,3H2,1-2H3,(H2,15,16,17). The second kappa shape index (κ2) is 5.75. The Morgan fingerprint density at radius 2 is 2.11 bits per heavy atom. The lowest BCUT2D eigenvalue weighted by atomic mass is 10.1. The average molecular weight is 280 g/mol. The fraction of sp³-hybridized carbons (Fsp3) is 0.231. The average Bonchev–Trinajstić information content (AvgIpc) is 2.43. The maximum Gasteiger partial charge on any atom is 0.243 e. The minimum absolute atomic E-state index is 0.101. The number of nitrogens with zero attached hydrogens (tertiary/aromatic N) is 2. The van der Waals surface area contributed by atoms with E-state index in [2.05, 4.69) is 16.9 Å². The minimum Gasteiger partial charge on any atom is -0.493 e. The smallest absolute Gasteiger partial charge is 0.243 e. The summed E-state index contributed by atoms with van der Waals surface area (Å²) in [6.45, 7) is 2.07. The number of hydrogen-bond acceptors (Lipinski definition) is 5. The number of nitrogens with two attached hydrogens (primary N) is 1. The molecule has 1 aromatic heterocycles. The van der Waals surface area contributed by atoms with Gasteiger partial charge in [0.15, 0.2) is 11.5 Å². The zero-order valence-electron chi connectivity index (χ0n) is 10.7. The molecule has 0 unspecified atom stereocenters. The third-order valence-electron chi connectivity index (χ3n) is 2.57. The molecule has 2 N–H and O–H groups in total. The molecule has 2 rings (SSSR count). The number of rotatable bonds is 4. The number of aryl methyl sites for hydroxylation is 1. The van der Waals surface area contributed by atoms with Crippen LogP contribution in [0.1, 0.15) is 12.5 Å². The first kappa shape index (κ1) is 13.4. The number of nitrogen functional groups attached to an aromatic ring is 1. The second-order valence-electron chi connectivity index (χ2n) is 3.82. The number of halogens is 1. The van der Waals surface area contributed by atoms with Crippen molar-refractivity contribution in [2.75, 3.05) is 12.8 Å². The molecule has 19 heavy (non-hydrogen) atoms. The lowest BCUT2D eigenvalue weighted by Gasteiger charge is -2.11. The number of benzene rings is 1. The Hall–Kier alpha value is -2.01. The molecule has 0 atom stereocenters. The van der Waals surface area contributed by atoms with Crippen LogP contribution in [0.5, 0.6) is 17.4 Å². The van der Waals surface area contributed by atoms with Gasteiger partial charge in [-0.3, -0.25) is 0 Å². The lowest BCUT2D eigenvalue weighted by molar-refractivity contribution is 0.373. The van der Waals surface area contributed by atoms with Gasteiger partial charge in [0.05, 0.1) is 13.3 Å². The van der Waals surface area contributed by atoms with Crippen LogP contribution in [0, 0.1) is 0 Å². The fourth-order valence-electron chi connectivity index (χ4n) is 1.56. The van der Waals surface area contributed by atoms with Gasteiger partial charge in [-0.25, -0.2) is 4.98 Å². The third kappa shape index (κ3) is 3.06. The van der Waals surface area contributed by atoms with Crippen LogP contribution in [0.15, 0.2) is 24.4 Å². The Morgan fingerprint density at radius 1 is 1.32 bits per heavy atom. The van der Waals surface area contributed by atoms with Gasteiger partial charge in [0.25, 0.3) is 0 Å². The van der Waals surface area contributed by atoms with Crippen LogP contribution in [0.25, 0.3) is 0 Å². The Kier molecular flexibility index (Phi) is 4.06. The summed E-state index contributed by atoms with van der Waals surface area (Å²) in [5, 5.41) is 0.288. The molecule has 1 heterocycles. The zero-order chi connectivity index (χ0) is 13.8. The first-order valence-corrected chi connectivity index (χ1v) is 6.14. The fourth-order valence-corrected chi connectivity index (χ4v) is 1.69. The predicted molar refractivity (Wildman–Crippen MR) is 73.9 cm³/mol. The van der Waals surface area contributed by atoms with Gasteiger partial charge in [-0.15, -0.1) is 0 Å². The van der Waals surface area contributed by atoms with E-state index in [0.29, 0.717) is 11.5 Å². The summed E-state index contributed by atoms with van der Waals surface area (Å²) in [4.78, 5) is 7.72. The van der Waals surface area contributed by atoms with Crippen molar-refractivity contribution in [3.63, 3.8) is 0 Å². The number of methoxy groups -OCH3 is 1. The SMILES string of the molecule is CCc1ccc(Oc2nc(N)ncc2Cl)c(OC)c1. The molecule has 0 spiro atoms. The summed E-state index contributed by atoms with van der Waals surface area (Å²) < 4.78 is 10.9. The highest BCUT2D eigenvalue weighted by Gasteiger charge is 2.11. The summed E-state index contributed by atoms with van der Waals surface area (Å²) in [7, 11) is 1.58. The van der Waals surface area contributed by atoms with E-state index in [0.717, 1.165) is 12.0 Å². The molecule has 2 aromatic rings. The van der Waals surface area contributed by atoms with Crippen molar-refractivity contribution in [3.05, 3.63) is 35.0 Å². The Balaban J connectivity index is 2.35. The van der Waals surface area contributed by atoms with Gasteiger partial charge < -0.3 is 15.2 Å². The summed E-state index contributed by atoms with van der Waals surface area (Å²) in [5.74, 6) is 1.45. The lowest BCUT2D eigenvalue weighted by Crippen LogP contribution is -1.98. The molecule has 0 aliphatic rings. The summed E-state index contributed by atoms with van der Waals surface area (Å²) in [6.07, 6.45) is 2.31. The molecule has 1 aromatic carbocycles. The van der Waals surface area contributed by atoms with E-state index in [1.54, 1.807) is 7.11 Å². The van der Waals surface area contributed by atoms with E-state index in [1.807, 2.05) is 18.2 Å². The minimum atomic E-state index is 0.101. The van der Waals surface area contributed by atoms with Gasteiger partial charge in [-0.2, -0.15) is 4.98 Å². The molecule has 5 nitrogen and oxygen atoms in total. The molecule has 0 saturated heterocycles. The highest BCUT2D eigenvalue weighted by molar-refractivity contribution is 6.31. The van der Waals surface area contributed by atoms with Crippen molar-refractivity contribution in [2.45, 2.75) is 13.3 Å². The molecule has 0 radical (unpaired) electrons. The van der Waals surface area contributed by atoms with Gasteiger partial charge in [0, 0.05) is 0 Å². The van der Waals surface area contributed by atoms with Gasteiger partial charge in [-0.05, 0) is 24.1 Å². The monoisotopic (exact) mass is 279 g/mol. The normalized spacial score (nSPS) is 10.3. The molecule has 6 heteroatoms. The van der Waals surface area contributed by atoms with Crippen molar-refractivity contribution in [1.82, 2.24) is 9.97 Å². The molecule has 0 amide bonds. The molecule has 0 saturated carbocycles. The number of anilines is 1. The van der Waals surface area contributed by atoms with E-state index >= 15 is 0 Å². The van der Waals surface area contributed by atoms with Crippen molar-refractivity contribution < 1.29 is 9.47 Å². The summed E-state index contributed by atoms with van der Waals surface area (Å²) in [5.41, 5.74) is 6.66. The van der Waals surface area contributed by atoms with Crippen LogP contribution in [-0.4, -0.2) is 17.1 Å². The summed E-state index contributed by atoms with van der Waals surface area (Å²) in [6, 6.07) is 5.68. The van der Waals surface area contributed by atoms with Crippen LogP contribution in [-0.2, 0) is 6.42 Å². The molecular formula is C13H14ClN3O2. The predicted octanol–water partition coefficient (Wildman–Crippen LogP) is 3.08. The second-order valence-corrected chi connectivity index (χ2v) is 4.23. The highest BCUT2D eigenvalue weighted by atomic mass is 35.5. The van der Waals surface area contributed by atoms with Crippen LogP contribution < -0.4 is 15.2 Å². The van der Waals surface area contributed by atoms with Crippen molar-refractivity contribution in [1.29, 1.82) is 0 Å². The molecule has 0 bridgehead atoms. The van der Waals surface area contributed by atoms with E-state index in [-0.39, 0.29) is 16.9 Å². The topological polar surface area (TPSA) is 70.3 Å². The van der Waals surface area contributed by atoms with Gasteiger partial charge in [-0.1, -0.05) is 24.6 Å². The van der Waals surface area contributed by atoms with Crippen LogP contribution in [0.3, 0.4) is 0 Å². The quantitative estimate of drug-likeness (QED) is 0.931. The van der Waals surface area contributed by atoms with Crippen LogP contribution >= 0.6 is 11.6 Å². The van der Waals surface area contributed by atoms with Gasteiger partial charge in [0.2, 0.25) is 11.8 Å². The van der Waals surface area contributed by atoms with E-state index < -0.39 is 0 Å². The first-order valence-electron chi connectivity index (χ1n) is 5.76. The Bertz CT molecular complexity index is 590. The van der Waals surface area contributed by atoms with Crippen molar-refractivity contribution in [2.24, 2.45) is 0 Å². The third-order valence-corrected chi connectivity index (χ3v) is 2.83. The number of hydrogen-bond donors (Lipinski definition) is 1. The molecule has 0 aliphatic carbocycles. The molecular weight excluding hydrogens is 266 g/mol. The maximum atomic E-state index is 5.95. The first-order chi connectivity index (χ1) is 9.13. The van der Waals surface area contributed by atoms with E-state index in [4.69, 9.17) is 26.8 Å². The van der Waals surface area contributed by atoms with Crippen molar-refractivity contribution in [3.8, 4) is 17.4 Å². The number of ether oxygens (including phenoxy) is 2. The van der Waals surface area contributed by atoms with Crippen LogP contribution in [0.2, 0.25) is 5.02 Å². The highest BCUT2D eigenvalue weighted by Crippen LogP contribution is 2.34. The van der Waals surface area contributed by atoms with E-state index in [1.165, 1.54) is 6.20 Å². The summed E-state index contributed by atoms with van der Waals surface area (Å²) >= 11 is 5.95. The zero-order valence-corrected chi connectivity index (χ0v) is 11.4. The molecule has 0 fully saturated rings. The van der Waals surface area contributed by atoms with Crippen LogP contribution in [0.4, 0.5) is 5.95 Å². The Morgan fingerprint density at radius 3 is 2.79 bits per heavy atom. The Labute approximate surface area is 116 Å². The number of aromatic nitrogens is 2. The van der Waals surface area contributed by atoms with E-state index in [9.17, 15) is 0 Å². The molecule has 0 aliphatic heterocycles. The van der Waals surface area contributed by atoms with Gasteiger partial charge in [0.1, 0.15) is 5.02 Å². The molecule has 100 valence electrons.